The van der Waals surface area contributed by atoms with E-state index in [2.05, 4.69) is 21.5 Å². The van der Waals surface area contributed by atoms with Crippen LogP contribution in [-0.4, -0.2) is 74.0 Å². The van der Waals surface area contributed by atoms with Crippen LogP contribution in [0.25, 0.3) is 0 Å². The van der Waals surface area contributed by atoms with Gasteiger partial charge in [0.25, 0.3) is 11.8 Å². The second-order valence-electron chi connectivity index (χ2n) is 12.9. The first-order valence-corrected chi connectivity index (χ1v) is 18.7. The Morgan fingerprint density at radius 2 is 1.90 bits per heavy atom. The van der Waals surface area contributed by atoms with Crippen molar-refractivity contribution in [3.8, 4) is 6.07 Å². The molecule has 16 heteroatoms. The first-order valence-electron chi connectivity index (χ1n) is 16.8. The largest absolute Gasteiger partial charge is 0.543 e. The Kier molecular flexibility index (Phi) is 10.1. The van der Waals surface area contributed by atoms with E-state index in [4.69, 9.17) is 15.8 Å². The van der Waals surface area contributed by atoms with Crippen LogP contribution in [0.3, 0.4) is 0 Å². The number of nitrogens with one attached hydrogen (secondary N) is 1. The number of nitriles is 1. The van der Waals surface area contributed by atoms with E-state index in [1.807, 2.05) is 41.2 Å². The number of amides is 3. The monoisotopic (exact) mass is 738 g/mol. The number of nitrogens with zero attached hydrogens (tertiary/aromatic N) is 6. The van der Waals surface area contributed by atoms with Gasteiger partial charge in [-0.2, -0.15) is 5.26 Å². The molecular weight excluding hydrogens is 705 g/mol. The Labute approximate surface area is 307 Å². The Morgan fingerprint density at radius 1 is 1.15 bits per heavy atom. The number of likely N-dealkylation sites (tertiary alicyclic amines) is 1. The number of carboxylic acids is 1. The number of thiazole rings is 1. The van der Waals surface area contributed by atoms with E-state index in [0.717, 1.165) is 53.0 Å². The summed E-state index contributed by atoms with van der Waals surface area (Å²) in [4.78, 5) is 65.3. The average Bonchev–Trinajstić information content (AvgIpc) is 3.91. The molecule has 266 valence electrons. The number of rotatable bonds is 11. The Bertz CT molecular complexity index is 2050. The number of allylic oxidation sites excluding steroid dienone is 1. The van der Waals surface area contributed by atoms with Gasteiger partial charge >= 0.3 is 0 Å². The minimum absolute atomic E-state index is 0.116. The molecule has 3 N–H and O–H groups in total. The van der Waals surface area contributed by atoms with Crippen LogP contribution in [0, 0.1) is 11.3 Å². The molecule has 3 aromatic rings. The molecule has 7 rings (SSSR count). The third-order valence-corrected chi connectivity index (χ3v) is 11.4. The number of hydrogen-bond donors (Lipinski definition) is 2. The minimum Gasteiger partial charge on any atom is -0.543 e. The maximum atomic E-state index is 13.4. The first-order chi connectivity index (χ1) is 25.2. The van der Waals surface area contributed by atoms with Crippen molar-refractivity contribution in [2.24, 2.45) is 5.16 Å². The number of aromatic nitrogens is 2. The standard InChI is InChI=1S/C36H34N8O6S2/c37-16-21-5-7-22(8-6-21)17-42-12-9-23(10-13-42)18-43-14-11-24(32(43)46)15-25-19-51-34-29(33(47)44(34)30(25)35(48)49)40-31(45)28(27-20-52-36(38)39-27)41-50-26-3-1-2-4-26/h5-10,12-13,15,20,26,29,34H,1-4,11,14,17-19H2,(H3-,38,39,40,45,48,49)/t29-,34-/m1/s1. The second kappa shape index (κ2) is 15.0. The highest BCUT2D eigenvalue weighted by Crippen LogP contribution is 2.41. The summed E-state index contributed by atoms with van der Waals surface area (Å²) in [5, 5.41) is 29.3. The van der Waals surface area contributed by atoms with E-state index in [1.54, 1.807) is 28.5 Å². The molecule has 2 saturated heterocycles. The van der Waals surface area contributed by atoms with Crippen molar-refractivity contribution < 1.29 is 33.7 Å². The highest BCUT2D eigenvalue weighted by Gasteiger charge is 2.53. The van der Waals surface area contributed by atoms with Crippen LogP contribution in [0.2, 0.25) is 0 Å². The molecular formula is C36H34N8O6S2. The molecule has 0 unspecified atom stereocenters. The molecule has 52 heavy (non-hydrogen) atoms. The molecule has 3 amide bonds. The summed E-state index contributed by atoms with van der Waals surface area (Å²) in [6.07, 6.45) is 9.39. The van der Waals surface area contributed by atoms with Gasteiger partial charge in [0.05, 0.1) is 23.3 Å². The predicted molar refractivity (Wildman–Crippen MR) is 188 cm³/mol. The van der Waals surface area contributed by atoms with E-state index < -0.39 is 29.2 Å². The van der Waals surface area contributed by atoms with Crippen LogP contribution in [0.15, 0.2) is 82.2 Å². The number of fused-ring (bicyclic) bond motifs is 1. The summed E-state index contributed by atoms with van der Waals surface area (Å²) in [7, 11) is 0. The van der Waals surface area contributed by atoms with Crippen LogP contribution >= 0.6 is 23.1 Å². The van der Waals surface area contributed by atoms with Crippen molar-refractivity contribution in [3.63, 3.8) is 0 Å². The van der Waals surface area contributed by atoms with Crippen molar-refractivity contribution in [3.05, 3.63) is 99.5 Å². The summed E-state index contributed by atoms with van der Waals surface area (Å²) >= 11 is 2.42. The van der Waals surface area contributed by atoms with Crippen molar-refractivity contribution in [2.45, 2.75) is 62.7 Å². The predicted octanol–water partition coefficient (Wildman–Crippen LogP) is 1.36. The SMILES string of the molecule is N#Cc1ccc(C[n+]2ccc(CN3CCC(=CC4=C(C(=O)[O-])N5C(=O)[C@@H](NC(=O)C(=NOC6CCCC6)c6csc(N)n6)[C@H]5SC4)C3=O)cc2)cc1. The van der Waals surface area contributed by atoms with Crippen LogP contribution in [0.5, 0.6) is 0 Å². The fourth-order valence-electron chi connectivity index (χ4n) is 6.65. The number of oxime groups is 1. The van der Waals surface area contributed by atoms with Gasteiger partial charge in [0.2, 0.25) is 5.91 Å². The number of hydrogen-bond acceptors (Lipinski definition) is 12. The van der Waals surface area contributed by atoms with Crippen molar-refractivity contribution >= 4 is 57.6 Å². The molecule has 0 spiro atoms. The minimum atomic E-state index is -1.54. The van der Waals surface area contributed by atoms with E-state index in [-0.39, 0.29) is 40.0 Å². The highest BCUT2D eigenvalue weighted by molar-refractivity contribution is 8.00. The van der Waals surface area contributed by atoms with Gasteiger partial charge in [-0.15, -0.1) is 23.1 Å². The average molecular weight is 739 g/mol. The number of nitrogen functional groups attached to an aromatic ring is 1. The molecule has 14 nitrogen and oxygen atoms in total. The van der Waals surface area contributed by atoms with Gasteiger partial charge in [-0.1, -0.05) is 17.3 Å². The molecule has 1 aliphatic carbocycles. The van der Waals surface area contributed by atoms with Crippen molar-refractivity contribution in [2.75, 3.05) is 18.0 Å². The maximum absolute atomic E-state index is 13.4. The molecule has 3 aliphatic heterocycles. The number of anilines is 1. The van der Waals surface area contributed by atoms with Gasteiger partial charge in [-0.25, -0.2) is 9.55 Å². The van der Waals surface area contributed by atoms with E-state index in [0.29, 0.717) is 42.8 Å². The van der Waals surface area contributed by atoms with E-state index in [9.17, 15) is 24.3 Å². The van der Waals surface area contributed by atoms with Crippen molar-refractivity contribution in [1.29, 1.82) is 5.26 Å². The fourth-order valence-corrected chi connectivity index (χ4v) is 8.50. The molecule has 3 fully saturated rings. The number of thioether (sulfide) groups is 1. The smallest absolute Gasteiger partial charge is 0.276 e. The molecule has 1 saturated carbocycles. The number of aliphatic carboxylic acids is 1. The number of carboxylic acid groups (broad SMARTS) is 1. The maximum Gasteiger partial charge on any atom is 0.276 e. The summed E-state index contributed by atoms with van der Waals surface area (Å²) in [5.41, 5.74) is 8.94. The number of benzene rings is 1. The van der Waals surface area contributed by atoms with Gasteiger partial charge in [0.15, 0.2) is 29.8 Å². The number of carbonyl (C=O) groups excluding carboxylic acids is 4. The molecule has 4 aliphatic rings. The summed E-state index contributed by atoms with van der Waals surface area (Å²) in [6, 6.07) is 12.4. The molecule has 0 bridgehead atoms. The molecule has 2 atom stereocenters. The summed E-state index contributed by atoms with van der Waals surface area (Å²) < 4.78 is 2.01. The third kappa shape index (κ3) is 7.28. The zero-order valence-corrected chi connectivity index (χ0v) is 29.5. The van der Waals surface area contributed by atoms with Gasteiger partial charge < -0.3 is 30.7 Å². The number of pyridine rings is 1. The van der Waals surface area contributed by atoms with Crippen molar-refractivity contribution in [1.82, 2.24) is 20.1 Å². The Morgan fingerprint density at radius 3 is 2.58 bits per heavy atom. The van der Waals surface area contributed by atoms with Gasteiger partial charge in [-0.05, 0) is 61.4 Å². The second-order valence-corrected chi connectivity index (χ2v) is 14.9. The summed E-state index contributed by atoms with van der Waals surface area (Å²) in [5.74, 6) is -2.87. The van der Waals surface area contributed by atoms with E-state index in [1.165, 1.54) is 11.8 Å². The molecule has 1 aromatic carbocycles. The lowest BCUT2D eigenvalue weighted by Gasteiger charge is -2.50. The zero-order chi connectivity index (χ0) is 36.4. The lowest BCUT2D eigenvalue weighted by atomic mass is 10.0. The molecule has 5 heterocycles. The lowest BCUT2D eigenvalue weighted by Crippen LogP contribution is -2.71. The van der Waals surface area contributed by atoms with E-state index >= 15 is 0 Å². The normalized spacial score (nSPS) is 21.3. The highest BCUT2D eigenvalue weighted by atomic mass is 32.2. The Balaban J connectivity index is 1.00. The quantitative estimate of drug-likeness (QED) is 0.0953. The molecule has 0 radical (unpaired) electrons. The van der Waals surface area contributed by atoms with Crippen LogP contribution < -0.4 is 20.7 Å². The summed E-state index contributed by atoms with van der Waals surface area (Å²) in [6.45, 7) is 1.48. The Hall–Kier alpha value is -5.53. The number of nitrogens with two attached hydrogens (primary N) is 1. The number of carbonyl (C=O) groups is 4. The van der Waals surface area contributed by atoms with Crippen LogP contribution in [0.1, 0.15) is 54.5 Å². The van der Waals surface area contributed by atoms with Gasteiger partial charge in [0.1, 0.15) is 23.2 Å². The van der Waals surface area contributed by atoms with Crippen LogP contribution in [-0.2, 0) is 37.1 Å². The zero-order valence-electron chi connectivity index (χ0n) is 27.9. The van der Waals surface area contributed by atoms with Gasteiger partial charge in [-0.3, -0.25) is 19.3 Å². The number of β-lactam (4-membered cyclic amide) rings is 1. The first kappa shape index (κ1) is 34.9. The lowest BCUT2D eigenvalue weighted by molar-refractivity contribution is -0.688. The molecule has 2 aromatic heterocycles. The van der Waals surface area contributed by atoms with Crippen LogP contribution in [0.4, 0.5) is 5.13 Å². The third-order valence-electron chi connectivity index (χ3n) is 9.40. The fraction of sp³-hybridized carbons (Fsp3) is 0.333. The topological polar surface area (TPSA) is 198 Å². The van der Waals surface area contributed by atoms with Gasteiger partial charge in [0, 0.05) is 47.5 Å².